The normalized spacial score (nSPS) is 13.6. The first kappa shape index (κ1) is 40.9. The molecule has 2 N–H and O–H groups in total. The van der Waals surface area contributed by atoms with Crippen molar-refractivity contribution in [3.8, 4) is 11.1 Å². The summed E-state index contributed by atoms with van der Waals surface area (Å²) >= 11 is 1.12. The number of amides is 1. The number of rotatable bonds is 9. The monoisotopic (exact) mass is 792 g/mol. The van der Waals surface area contributed by atoms with Crippen LogP contribution in [0.4, 0.5) is 35.1 Å². The Balaban J connectivity index is 0.000000757. The molecule has 1 aliphatic rings. The predicted molar refractivity (Wildman–Crippen MR) is 189 cm³/mol. The Morgan fingerprint density at radius 3 is 2.11 bits per heavy atom. The van der Waals surface area contributed by atoms with Crippen molar-refractivity contribution in [2.24, 2.45) is 0 Å². The second kappa shape index (κ2) is 17.5. The lowest BCUT2D eigenvalue weighted by Gasteiger charge is -2.35. The summed E-state index contributed by atoms with van der Waals surface area (Å²) in [6.45, 7) is 1.63. The van der Waals surface area contributed by atoms with Crippen LogP contribution in [0, 0.1) is 11.6 Å². The molecule has 2 aromatic heterocycles. The molecular weight excluding hydrogens is 760 g/mol. The number of halogens is 8. The molecule has 5 aromatic rings. The average Bonchev–Trinajstić information content (AvgIpc) is 3.16. The molecule has 0 saturated carbocycles. The Morgan fingerprint density at radius 1 is 0.891 bits per heavy atom. The number of alkyl halides is 6. The van der Waals surface area contributed by atoms with Crippen LogP contribution in [0.1, 0.15) is 29.5 Å². The Morgan fingerprint density at radius 2 is 1.51 bits per heavy atom. The minimum atomic E-state index is -5.08. The molecule has 0 spiro atoms. The number of carbonyl (C=O) groups excluding carboxylic acids is 1. The van der Waals surface area contributed by atoms with Crippen molar-refractivity contribution in [1.29, 1.82) is 0 Å². The van der Waals surface area contributed by atoms with Gasteiger partial charge in [0.2, 0.25) is 5.91 Å². The number of hydrogen-bond acceptors (Lipinski definition) is 6. The number of benzene rings is 3. The number of nitrogens with zero attached hydrogens (tertiary/aromatic N) is 3. The molecule has 0 atom stereocenters. The number of aliphatic carboxylic acids is 1. The summed E-state index contributed by atoms with van der Waals surface area (Å²) < 4.78 is 101. The zero-order valence-electron chi connectivity index (χ0n) is 28.6. The molecule has 6 rings (SSSR count). The van der Waals surface area contributed by atoms with Crippen LogP contribution in [0.3, 0.4) is 0 Å². The van der Waals surface area contributed by atoms with Crippen molar-refractivity contribution in [3.63, 3.8) is 0 Å². The van der Waals surface area contributed by atoms with Gasteiger partial charge >= 0.3 is 18.3 Å². The van der Waals surface area contributed by atoms with Crippen molar-refractivity contribution < 1.29 is 49.8 Å². The van der Waals surface area contributed by atoms with Crippen LogP contribution in [0.2, 0.25) is 0 Å². The highest BCUT2D eigenvalue weighted by Gasteiger charge is 2.38. The first-order valence-electron chi connectivity index (χ1n) is 16.6. The fourth-order valence-corrected chi connectivity index (χ4v) is 6.90. The fraction of sp³-hybridized carbons (Fsp3) is 0.263. The molecule has 290 valence electrons. The van der Waals surface area contributed by atoms with E-state index >= 15 is 0 Å². The van der Waals surface area contributed by atoms with E-state index in [0.717, 1.165) is 67.0 Å². The molecule has 1 saturated heterocycles. The number of pyridine rings is 2. The summed E-state index contributed by atoms with van der Waals surface area (Å²) in [6.07, 6.45) is -6.49. The maximum Gasteiger partial charge on any atom is 0.490 e. The number of nitrogens with one attached hydrogen (secondary N) is 1. The standard InChI is InChI=1S/C36H31F5N4O2S.C2HF3O2/c37-30-5-1-3-26(34(30)38)22-48-33-19-31(46)29-4-2-16-43-35(29)45(33)21-32(47)44(28-14-17-42-18-15-28)20-23-6-8-24(9-7-23)25-10-12-27(13-11-25)36(39,40)41;3-2(4,5)1(6)7/h1-13,16,19,28,42H,14-15,17-18,20-22H2;(H,6,7). The van der Waals surface area contributed by atoms with Gasteiger partial charge in [-0.15, -0.1) is 11.8 Å². The SMILES string of the molecule is O=C(Cn1c(SCc2cccc(F)c2F)cc(=O)c2cccnc21)N(Cc1ccc(-c2ccc(C(F)(F)F)cc2)cc1)C1CCNCC1.O=C(O)C(F)(F)F. The lowest BCUT2D eigenvalue weighted by Crippen LogP contribution is -2.47. The largest absolute Gasteiger partial charge is 0.490 e. The number of thioether (sulfide) groups is 1. The van der Waals surface area contributed by atoms with E-state index in [4.69, 9.17) is 9.90 Å². The molecule has 8 nitrogen and oxygen atoms in total. The van der Waals surface area contributed by atoms with E-state index in [9.17, 15) is 44.7 Å². The maximum absolute atomic E-state index is 14.5. The third-order valence-electron chi connectivity index (χ3n) is 8.69. The molecule has 3 heterocycles. The minimum Gasteiger partial charge on any atom is -0.475 e. The van der Waals surface area contributed by atoms with E-state index in [1.165, 1.54) is 36.5 Å². The van der Waals surface area contributed by atoms with Crippen LogP contribution in [0.25, 0.3) is 22.2 Å². The van der Waals surface area contributed by atoms with Gasteiger partial charge in [-0.3, -0.25) is 9.59 Å². The zero-order valence-corrected chi connectivity index (χ0v) is 29.4. The van der Waals surface area contributed by atoms with Gasteiger partial charge in [-0.1, -0.05) is 48.5 Å². The fourth-order valence-electron chi connectivity index (χ4n) is 5.88. The molecule has 1 aliphatic heterocycles. The molecule has 0 bridgehead atoms. The first-order chi connectivity index (χ1) is 26.0. The molecule has 1 fully saturated rings. The molecule has 0 unspecified atom stereocenters. The molecule has 1 amide bonds. The van der Waals surface area contributed by atoms with Gasteiger partial charge in [-0.25, -0.2) is 18.6 Å². The number of piperidine rings is 1. The summed E-state index contributed by atoms with van der Waals surface area (Å²) in [7, 11) is 0. The van der Waals surface area contributed by atoms with Crippen LogP contribution >= 0.6 is 11.8 Å². The van der Waals surface area contributed by atoms with Gasteiger partial charge in [-0.2, -0.15) is 26.3 Å². The molecule has 55 heavy (non-hydrogen) atoms. The van der Waals surface area contributed by atoms with Crippen molar-refractivity contribution >= 4 is 34.7 Å². The summed E-state index contributed by atoms with van der Waals surface area (Å²) in [5.41, 5.74) is 1.65. The van der Waals surface area contributed by atoms with E-state index in [1.54, 1.807) is 16.7 Å². The van der Waals surface area contributed by atoms with E-state index < -0.39 is 35.5 Å². The predicted octanol–water partition coefficient (Wildman–Crippen LogP) is 8.07. The molecule has 0 aliphatic carbocycles. The van der Waals surface area contributed by atoms with Gasteiger partial charge in [-0.05, 0) is 73.0 Å². The Kier molecular flexibility index (Phi) is 13.0. The summed E-state index contributed by atoms with van der Waals surface area (Å²) in [5, 5.41) is 11.2. The topological polar surface area (TPSA) is 105 Å². The number of carboxylic acids is 1. The Hall–Kier alpha value is -5.29. The van der Waals surface area contributed by atoms with Gasteiger partial charge < -0.3 is 19.9 Å². The van der Waals surface area contributed by atoms with E-state index in [0.29, 0.717) is 28.2 Å². The lowest BCUT2D eigenvalue weighted by atomic mass is 10.0. The molecule has 3 aromatic carbocycles. The van der Waals surface area contributed by atoms with E-state index in [-0.39, 0.29) is 35.2 Å². The maximum atomic E-state index is 14.5. The summed E-state index contributed by atoms with van der Waals surface area (Å²) in [6, 6.07) is 20.9. The van der Waals surface area contributed by atoms with Gasteiger partial charge in [0.15, 0.2) is 17.1 Å². The van der Waals surface area contributed by atoms with Crippen LogP contribution in [-0.4, -0.2) is 56.7 Å². The third-order valence-corrected chi connectivity index (χ3v) is 9.78. The third kappa shape index (κ3) is 10.5. The first-order valence-corrected chi connectivity index (χ1v) is 17.6. The van der Waals surface area contributed by atoms with Crippen LogP contribution in [0.15, 0.2) is 101 Å². The average molecular weight is 793 g/mol. The van der Waals surface area contributed by atoms with Crippen LogP contribution in [0.5, 0.6) is 0 Å². The number of carboxylic acid groups (broad SMARTS) is 1. The number of carbonyl (C=O) groups is 2. The highest BCUT2D eigenvalue weighted by atomic mass is 32.2. The lowest BCUT2D eigenvalue weighted by molar-refractivity contribution is -0.192. The number of aromatic nitrogens is 2. The Bertz CT molecular complexity index is 2190. The van der Waals surface area contributed by atoms with Crippen molar-refractivity contribution in [1.82, 2.24) is 19.8 Å². The van der Waals surface area contributed by atoms with Crippen molar-refractivity contribution in [3.05, 3.63) is 130 Å². The van der Waals surface area contributed by atoms with Crippen LogP contribution < -0.4 is 10.7 Å². The van der Waals surface area contributed by atoms with Crippen molar-refractivity contribution in [2.75, 3.05) is 13.1 Å². The van der Waals surface area contributed by atoms with Gasteiger partial charge in [0.25, 0.3) is 0 Å². The minimum absolute atomic E-state index is 0.0266. The molecular formula is C38H32F8N4O4S. The van der Waals surface area contributed by atoms with Gasteiger partial charge in [0.1, 0.15) is 12.2 Å². The van der Waals surface area contributed by atoms with Gasteiger partial charge in [0.05, 0.1) is 16.0 Å². The molecule has 17 heteroatoms. The van der Waals surface area contributed by atoms with E-state index in [2.05, 4.69) is 10.3 Å². The quantitative estimate of drug-likeness (QED) is 0.115. The number of hydrogen-bond donors (Lipinski definition) is 2. The summed E-state index contributed by atoms with van der Waals surface area (Å²) in [5.74, 6) is -4.87. The van der Waals surface area contributed by atoms with E-state index in [1.807, 2.05) is 29.2 Å². The smallest absolute Gasteiger partial charge is 0.475 e. The highest BCUT2D eigenvalue weighted by Crippen LogP contribution is 2.32. The van der Waals surface area contributed by atoms with Gasteiger partial charge in [0, 0.05) is 36.2 Å². The second-order valence-corrected chi connectivity index (χ2v) is 13.4. The summed E-state index contributed by atoms with van der Waals surface area (Å²) in [4.78, 5) is 42.4. The highest BCUT2D eigenvalue weighted by molar-refractivity contribution is 7.98. The zero-order chi connectivity index (χ0) is 39.9. The van der Waals surface area contributed by atoms with Crippen molar-refractivity contribution in [2.45, 2.75) is 55.1 Å². The second-order valence-electron chi connectivity index (χ2n) is 12.4. The Labute approximate surface area is 312 Å². The molecule has 0 radical (unpaired) electrons. The van der Waals surface area contributed by atoms with Crippen LogP contribution in [-0.2, 0) is 34.6 Å². The number of fused-ring (bicyclic) bond motifs is 1.